The molecule has 0 aliphatic heterocycles. The molecule has 1 saturated carbocycles. The molecule has 1 nitrogen and oxygen atoms in total. The van der Waals surface area contributed by atoms with Crippen molar-refractivity contribution >= 4 is 0 Å². The van der Waals surface area contributed by atoms with Crippen LogP contribution in [0.5, 0.6) is 0 Å². The molecule has 0 N–H and O–H groups in total. The predicted molar refractivity (Wildman–Crippen MR) is 97.7 cm³/mol. The lowest BCUT2D eigenvalue weighted by Crippen LogP contribution is -2.31. The van der Waals surface area contributed by atoms with Crippen molar-refractivity contribution in [2.75, 3.05) is 0 Å². The van der Waals surface area contributed by atoms with Crippen molar-refractivity contribution < 1.29 is 4.57 Å². The molecular weight excluding hydrogens is 278 g/mol. The van der Waals surface area contributed by atoms with Crippen molar-refractivity contribution in [3.05, 3.63) is 53.2 Å². The number of aryl methyl sites for hydroxylation is 2. The van der Waals surface area contributed by atoms with Crippen LogP contribution in [0.2, 0.25) is 0 Å². The maximum atomic E-state index is 2.43. The molecule has 1 aliphatic rings. The highest BCUT2D eigenvalue weighted by atomic mass is 14.9. The van der Waals surface area contributed by atoms with E-state index in [9.17, 15) is 0 Å². The van der Waals surface area contributed by atoms with Crippen LogP contribution in [0.3, 0.4) is 0 Å². The fraction of sp³-hybridized carbons (Fsp3) is 0.500. The second-order valence-corrected chi connectivity index (χ2v) is 7.52. The summed E-state index contributed by atoms with van der Waals surface area (Å²) >= 11 is 0. The van der Waals surface area contributed by atoms with Crippen molar-refractivity contribution in [2.24, 2.45) is 7.05 Å². The van der Waals surface area contributed by atoms with Gasteiger partial charge >= 0.3 is 0 Å². The monoisotopic (exact) mass is 308 g/mol. The van der Waals surface area contributed by atoms with Crippen molar-refractivity contribution in [2.45, 2.75) is 64.7 Å². The predicted octanol–water partition coefficient (Wildman–Crippen LogP) is 5.66. The van der Waals surface area contributed by atoms with Gasteiger partial charge in [-0.3, -0.25) is 0 Å². The van der Waals surface area contributed by atoms with Crippen LogP contribution in [0.15, 0.2) is 36.5 Å². The van der Waals surface area contributed by atoms with Crippen LogP contribution in [0.25, 0.3) is 11.3 Å². The topological polar surface area (TPSA) is 3.88 Å². The number of benzene rings is 1. The third kappa shape index (κ3) is 3.49. The quantitative estimate of drug-likeness (QED) is 0.644. The normalized spacial score (nSPS) is 16.0. The van der Waals surface area contributed by atoms with E-state index in [0.29, 0.717) is 5.92 Å². The van der Waals surface area contributed by atoms with Crippen LogP contribution in [0.1, 0.15) is 74.5 Å². The number of nitrogens with zero attached hydrogens (tertiary/aromatic N) is 1. The molecule has 0 spiro atoms. The average molecular weight is 308 g/mol. The van der Waals surface area contributed by atoms with E-state index in [4.69, 9.17) is 0 Å². The lowest BCUT2D eigenvalue weighted by atomic mass is 9.83. The van der Waals surface area contributed by atoms with Gasteiger partial charge in [0.25, 0.3) is 0 Å². The molecule has 0 atom stereocenters. The Bertz CT molecular complexity index is 678. The van der Waals surface area contributed by atoms with E-state index < -0.39 is 0 Å². The maximum absolute atomic E-state index is 2.43. The molecule has 0 radical (unpaired) electrons. The van der Waals surface area contributed by atoms with Crippen LogP contribution in [0, 0.1) is 6.92 Å². The Morgan fingerprint density at radius 3 is 2.35 bits per heavy atom. The molecule has 0 amide bonds. The van der Waals surface area contributed by atoms with Gasteiger partial charge in [0, 0.05) is 17.2 Å². The smallest absolute Gasteiger partial charge is 0.201 e. The van der Waals surface area contributed by atoms with Crippen molar-refractivity contribution in [1.29, 1.82) is 0 Å². The molecule has 1 fully saturated rings. The zero-order valence-corrected chi connectivity index (χ0v) is 15.1. The van der Waals surface area contributed by atoms with Gasteiger partial charge in [0.2, 0.25) is 5.69 Å². The fourth-order valence-electron chi connectivity index (χ4n) is 3.91. The zero-order valence-electron chi connectivity index (χ0n) is 15.1. The molecule has 0 unspecified atom stereocenters. The summed E-state index contributed by atoms with van der Waals surface area (Å²) < 4.78 is 2.28. The van der Waals surface area contributed by atoms with E-state index in [2.05, 4.69) is 68.9 Å². The highest BCUT2D eigenvalue weighted by Gasteiger charge is 2.18. The molecule has 1 heterocycles. The summed E-state index contributed by atoms with van der Waals surface area (Å²) in [4.78, 5) is 0. The minimum atomic E-state index is 0.574. The van der Waals surface area contributed by atoms with Gasteiger partial charge in [-0.05, 0) is 54.9 Å². The van der Waals surface area contributed by atoms with Gasteiger partial charge in [0.05, 0.1) is 0 Å². The second kappa shape index (κ2) is 6.86. The summed E-state index contributed by atoms with van der Waals surface area (Å²) in [6.07, 6.45) is 9.24. The van der Waals surface area contributed by atoms with Gasteiger partial charge < -0.3 is 0 Å². The summed E-state index contributed by atoms with van der Waals surface area (Å²) in [5.74, 6) is 1.36. The van der Waals surface area contributed by atoms with E-state index in [-0.39, 0.29) is 0 Å². The number of pyridine rings is 1. The van der Waals surface area contributed by atoms with E-state index in [1.165, 1.54) is 54.5 Å². The van der Waals surface area contributed by atoms with Crippen LogP contribution >= 0.6 is 0 Å². The van der Waals surface area contributed by atoms with Gasteiger partial charge in [-0.2, -0.15) is 0 Å². The third-order valence-corrected chi connectivity index (χ3v) is 5.43. The Hall–Kier alpha value is -1.63. The highest BCUT2D eigenvalue weighted by molar-refractivity contribution is 5.61. The van der Waals surface area contributed by atoms with Crippen LogP contribution in [0.4, 0.5) is 0 Å². The Kier molecular flexibility index (Phi) is 4.84. The average Bonchev–Trinajstić information content (AvgIpc) is 2.56. The highest BCUT2D eigenvalue weighted by Crippen LogP contribution is 2.34. The minimum Gasteiger partial charge on any atom is -0.201 e. The summed E-state index contributed by atoms with van der Waals surface area (Å²) in [5, 5.41) is 0. The van der Waals surface area contributed by atoms with Crippen molar-refractivity contribution in [3.63, 3.8) is 0 Å². The van der Waals surface area contributed by atoms with E-state index >= 15 is 0 Å². The molecular formula is C22H30N+. The molecule has 23 heavy (non-hydrogen) atoms. The Morgan fingerprint density at radius 1 is 1.00 bits per heavy atom. The summed E-state index contributed by atoms with van der Waals surface area (Å²) in [6.45, 7) is 6.76. The van der Waals surface area contributed by atoms with Gasteiger partial charge in [-0.1, -0.05) is 45.2 Å². The van der Waals surface area contributed by atoms with Crippen LogP contribution < -0.4 is 4.57 Å². The minimum absolute atomic E-state index is 0.574. The zero-order chi connectivity index (χ0) is 16.4. The molecule has 3 rings (SSSR count). The van der Waals surface area contributed by atoms with Gasteiger partial charge in [0.15, 0.2) is 6.20 Å². The van der Waals surface area contributed by atoms with E-state index in [1.54, 1.807) is 5.56 Å². The molecule has 1 aliphatic carbocycles. The van der Waals surface area contributed by atoms with E-state index in [1.807, 2.05) is 0 Å². The van der Waals surface area contributed by atoms with Gasteiger partial charge in [-0.25, -0.2) is 4.57 Å². The van der Waals surface area contributed by atoms with Crippen LogP contribution in [-0.4, -0.2) is 0 Å². The molecule has 1 aromatic carbocycles. The lowest BCUT2D eigenvalue weighted by molar-refractivity contribution is -0.660. The first-order valence-electron chi connectivity index (χ1n) is 9.16. The summed E-state index contributed by atoms with van der Waals surface area (Å²) in [7, 11) is 2.16. The number of aromatic nitrogens is 1. The van der Waals surface area contributed by atoms with Crippen molar-refractivity contribution in [3.8, 4) is 11.3 Å². The summed E-state index contributed by atoms with van der Waals surface area (Å²) in [5.41, 5.74) is 7.02. The number of hydrogen-bond acceptors (Lipinski definition) is 0. The first kappa shape index (κ1) is 16.2. The largest absolute Gasteiger partial charge is 0.212 e. The maximum Gasteiger partial charge on any atom is 0.212 e. The standard InChI is InChI=1S/C22H30N/c1-16(2)20-11-13-22(23(4)15-20)21-12-10-19(14-17(21)3)18-8-6-5-7-9-18/h10-16,18H,5-9H2,1-4H3/q+1. The van der Waals surface area contributed by atoms with Gasteiger partial charge in [0.1, 0.15) is 7.05 Å². The molecule has 1 heteroatoms. The number of hydrogen-bond donors (Lipinski definition) is 0. The molecule has 0 saturated heterocycles. The van der Waals surface area contributed by atoms with Gasteiger partial charge in [-0.15, -0.1) is 0 Å². The Labute approximate surface area is 141 Å². The fourth-order valence-corrected chi connectivity index (χ4v) is 3.91. The first-order chi connectivity index (χ1) is 11.1. The Balaban J connectivity index is 1.91. The molecule has 1 aromatic heterocycles. The van der Waals surface area contributed by atoms with Crippen LogP contribution in [-0.2, 0) is 7.05 Å². The molecule has 0 bridgehead atoms. The third-order valence-electron chi connectivity index (χ3n) is 5.43. The first-order valence-corrected chi connectivity index (χ1v) is 9.16. The second-order valence-electron chi connectivity index (χ2n) is 7.52. The lowest BCUT2D eigenvalue weighted by Gasteiger charge is -2.22. The molecule has 2 aromatic rings. The summed E-state index contributed by atoms with van der Waals surface area (Å²) in [6, 6.07) is 11.7. The molecule has 122 valence electrons. The van der Waals surface area contributed by atoms with E-state index in [0.717, 1.165) is 5.92 Å². The SMILES string of the molecule is Cc1cc(C2CCCCC2)ccc1-c1ccc(C(C)C)c[n+]1C. The number of rotatable bonds is 3. The Morgan fingerprint density at radius 2 is 1.74 bits per heavy atom. The van der Waals surface area contributed by atoms with Crippen molar-refractivity contribution in [1.82, 2.24) is 0 Å².